The molecule has 0 aliphatic carbocycles. The standard InChI is InChI=1S/C16H21FN2O2/c1-4-13-14(20)18-16(3,5-2)15(21)19(13)10-11-7-6-8-12(17)9-11/h6-9,13H,4-5,10H2,1-3H3,(H,18,20). The minimum Gasteiger partial charge on any atom is -0.340 e. The number of nitrogens with one attached hydrogen (secondary N) is 1. The second kappa shape index (κ2) is 5.84. The summed E-state index contributed by atoms with van der Waals surface area (Å²) in [5.41, 5.74) is -0.189. The van der Waals surface area contributed by atoms with Crippen LogP contribution in [0.1, 0.15) is 39.2 Å². The van der Waals surface area contributed by atoms with E-state index in [1.807, 2.05) is 13.8 Å². The van der Waals surface area contributed by atoms with Crippen molar-refractivity contribution in [2.45, 2.75) is 51.7 Å². The lowest BCUT2D eigenvalue weighted by atomic mass is 9.91. The molecule has 2 unspecified atom stereocenters. The van der Waals surface area contributed by atoms with Crippen LogP contribution in [0.2, 0.25) is 0 Å². The molecule has 0 aromatic heterocycles. The lowest BCUT2D eigenvalue weighted by Crippen LogP contribution is -2.68. The molecule has 1 aromatic rings. The molecule has 1 aromatic carbocycles. The number of nitrogens with zero attached hydrogens (tertiary/aromatic N) is 1. The number of benzene rings is 1. The van der Waals surface area contributed by atoms with Gasteiger partial charge < -0.3 is 10.2 Å². The molecule has 0 saturated carbocycles. The van der Waals surface area contributed by atoms with Crippen molar-refractivity contribution in [2.24, 2.45) is 0 Å². The van der Waals surface area contributed by atoms with Crippen molar-refractivity contribution in [3.05, 3.63) is 35.6 Å². The predicted octanol–water partition coefficient (Wildman–Crippen LogP) is 2.23. The molecule has 1 N–H and O–H groups in total. The predicted molar refractivity (Wildman–Crippen MR) is 77.9 cm³/mol. The number of hydrogen-bond acceptors (Lipinski definition) is 2. The number of rotatable bonds is 4. The summed E-state index contributed by atoms with van der Waals surface area (Å²) in [6.45, 7) is 5.71. The van der Waals surface area contributed by atoms with E-state index in [0.717, 1.165) is 0 Å². The van der Waals surface area contributed by atoms with E-state index in [9.17, 15) is 14.0 Å². The maximum absolute atomic E-state index is 13.3. The van der Waals surface area contributed by atoms with E-state index in [1.54, 1.807) is 24.0 Å². The van der Waals surface area contributed by atoms with E-state index in [4.69, 9.17) is 0 Å². The third kappa shape index (κ3) is 2.91. The Balaban J connectivity index is 2.32. The summed E-state index contributed by atoms with van der Waals surface area (Å²) < 4.78 is 13.3. The number of halogens is 1. The minimum absolute atomic E-state index is 0.110. The molecule has 4 nitrogen and oxygen atoms in total. The monoisotopic (exact) mass is 292 g/mol. The molecule has 0 radical (unpaired) electrons. The Hall–Kier alpha value is -1.91. The van der Waals surface area contributed by atoms with Crippen LogP contribution in [0, 0.1) is 5.82 Å². The largest absolute Gasteiger partial charge is 0.340 e. The lowest BCUT2D eigenvalue weighted by Gasteiger charge is -2.44. The molecule has 1 saturated heterocycles. The van der Waals surface area contributed by atoms with Crippen molar-refractivity contribution in [2.75, 3.05) is 0 Å². The van der Waals surface area contributed by atoms with Gasteiger partial charge in [-0.2, -0.15) is 0 Å². The fraction of sp³-hybridized carbons (Fsp3) is 0.500. The molecule has 1 aliphatic heterocycles. The molecular weight excluding hydrogens is 271 g/mol. The van der Waals surface area contributed by atoms with Crippen molar-refractivity contribution < 1.29 is 14.0 Å². The first-order valence-corrected chi connectivity index (χ1v) is 7.28. The van der Waals surface area contributed by atoms with Gasteiger partial charge in [-0.1, -0.05) is 26.0 Å². The van der Waals surface area contributed by atoms with Crippen LogP contribution in [-0.4, -0.2) is 28.3 Å². The average molecular weight is 292 g/mol. The lowest BCUT2D eigenvalue weighted by molar-refractivity contribution is -0.155. The number of carbonyl (C=O) groups is 2. The molecule has 1 fully saturated rings. The average Bonchev–Trinajstić information content (AvgIpc) is 2.45. The van der Waals surface area contributed by atoms with E-state index in [2.05, 4.69) is 5.32 Å². The van der Waals surface area contributed by atoms with E-state index in [1.165, 1.54) is 12.1 Å². The van der Waals surface area contributed by atoms with Gasteiger partial charge in [0.05, 0.1) is 0 Å². The fourth-order valence-corrected chi connectivity index (χ4v) is 2.67. The molecule has 0 bridgehead atoms. The number of piperazine rings is 1. The van der Waals surface area contributed by atoms with Crippen molar-refractivity contribution >= 4 is 11.8 Å². The van der Waals surface area contributed by atoms with Gasteiger partial charge in [0.1, 0.15) is 17.4 Å². The molecule has 5 heteroatoms. The summed E-state index contributed by atoms with van der Waals surface area (Å²) >= 11 is 0. The van der Waals surface area contributed by atoms with Crippen molar-refractivity contribution in [3.8, 4) is 0 Å². The summed E-state index contributed by atoms with van der Waals surface area (Å²) in [6.07, 6.45) is 1.06. The van der Waals surface area contributed by atoms with Gasteiger partial charge in [-0.3, -0.25) is 9.59 Å². The van der Waals surface area contributed by atoms with Gasteiger partial charge in [-0.05, 0) is 37.5 Å². The van der Waals surface area contributed by atoms with E-state index >= 15 is 0 Å². The van der Waals surface area contributed by atoms with E-state index < -0.39 is 11.6 Å². The smallest absolute Gasteiger partial charge is 0.249 e. The van der Waals surface area contributed by atoms with Crippen LogP contribution < -0.4 is 5.32 Å². The fourth-order valence-electron chi connectivity index (χ4n) is 2.67. The molecule has 2 atom stereocenters. The van der Waals surface area contributed by atoms with Crippen LogP contribution in [-0.2, 0) is 16.1 Å². The number of carbonyl (C=O) groups excluding carboxylic acids is 2. The highest BCUT2D eigenvalue weighted by Gasteiger charge is 2.46. The van der Waals surface area contributed by atoms with Gasteiger partial charge in [0, 0.05) is 6.54 Å². The van der Waals surface area contributed by atoms with Gasteiger partial charge in [-0.15, -0.1) is 0 Å². The minimum atomic E-state index is -0.879. The van der Waals surface area contributed by atoms with Gasteiger partial charge in [0.25, 0.3) is 0 Å². The summed E-state index contributed by atoms with van der Waals surface area (Å²) in [5.74, 6) is -0.591. The van der Waals surface area contributed by atoms with Gasteiger partial charge in [0.15, 0.2) is 0 Å². The molecule has 114 valence electrons. The first kappa shape index (κ1) is 15.5. The highest BCUT2D eigenvalue weighted by Crippen LogP contribution is 2.24. The Morgan fingerprint density at radius 3 is 2.62 bits per heavy atom. The van der Waals surface area contributed by atoms with Crippen molar-refractivity contribution in [1.29, 1.82) is 0 Å². The molecular formula is C16H21FN2O2. The zero-order chi connectivity index (χ0) is 15.6. The molecule has 2 rings (SSSR count). The van der Waals surface area contributed by atoms with Crippen LogP contribution in [0.3, 0.4) is 0 Å². The number of amides is 2. The zero-order valence-corrected chi connectivity index (χ0v) is 12.6. The van der Waals surface area contributed by atoms with Crippen LogP contribution in [0.15, 0.2) is 24.3 Å². The first-order chi connectivity index (χ1) is 9.91. The summed E-state index contributed by atoms with van der Waals surface area (Å²) in [7, 11) is 0. The number of hydrogen-bond donors (Lipinski definition) is 1. The normalized spacial score (nSPS) is 25.9. The van der Waals surface area contributed by atoms with Crippen LogP contribution in [0.4, 0.5) is 4.39 Å². The topological polar surface area (TPSA) is 49.4 Å². The Kier molecular flexibility index (Phi) is 4.30. The van der Waals surface area contributed by atoms with Crippen molar-refractivity contribution in [1.82, 2.24) is 10.2 Å². The van der Waals surface area contributed by atoms with Crippen LogP contribution >= 0.6 is 0 Å². The highest BCUT2D eigenvalue weighted by molar-refractivity contribution is 5.99. The molecule has 2 amide bonds. The Morgan fingerprint density at radius 2 is 2.05 bits per heavy atom. The maximum atomic E-state index is 13.3. The zero-order valence-electron chi connectivity index (χ0n) is 12.6. The Morgan fingerprint density at radius 1 is 1.33 bits per heavy atom. The van der Waals surface area contributed by atoms with Crippen LogP contribution in [0.25, 0.3) is 0 Å². The maximum Gasteiger partial charge on any atom is 0.249 e. The Labute approximate surface area is 124 Å². The third-order valence-electron chi connectivity index (χ3n) is 4.15. The highest BCUT2D eigenvalue weighted by atomic mass is 19.1. The first-order valence-electron chi connectivity index (χ1n) is 7.28. The summed E-state index contributed by atoms with van der Waals surface area (Å²) in [4.78, 5) is 26.5. The summed E-state index contributed by atoms with van der Waals surface area (Å²) in [6, 6.07) is 5.63. The Bertz CT molecular complexity index is 561. The van der Waals surface area contributed by atoms with E-state index in [-0.39, 0.29) is 24.2 Å². The van der Waals surface area contributed by atoms with E-state index in [0.29, 0.717) is 18.4 Å². The SMILES string of the molecule is CCC1C(=O)NC(C)(CC)C(=O)N1Cc1cccc(F)c1. The summed E-state index contributed by atoms with van der Waals surface area (Å²) in [5, 5.41) is 2.82. The molecule has 21 heavy (non-hydrogen) atoms. The van der Waals surface area contributed by atoms with Gasteiger partial charge >= 0.3 is 0 Å². The van der Waals surface area contributed by atoms with Crippen LogP contribution in [0.5, 0.6) is 0 Å². The van der Waals surface area contributed by atoms with Crippen molar-refractivity contribution in [3.63, 3.8) is 0 Å². The second-order valence-electron chi connectivity index (χ2n) is 5.66. The molecule has 0 spiro atoms. The third-order valence-corrected chi connectivity index (χ3v) is 4.15. The van der Waals surface area contributed by atoms with Gasteiger partial charge in [0.2, 0.25) is 11.8 Å². The quantitative estimate of drug-likeness (QED) is 0.925. The molecule has 1 heterocycles. The molecule has 1 aliphatic rings. The van der Waals surface area contributed by atoms with Gasteiger partial charge in [-0.25, -0.2) is 4.39 Å². The second-order valence-corrected chi connectivity index (χ2v) is 5.66.